The maximum atomic E-state index is 5.76. The van der Waals surface area contributed by atoms with Crippen LogP contribution in [0, 0.1) is 0 Å². The summed E-state index contributed by atoms with van der Waals surface area (Å²) in [4.78, 5) is 0. The SMILES string of the molecule is CCCC[n+]1ccn(CCOCCn2cc[n+](CCCC)c2)c1. The zero-order valence-electron chi connectivity index (χ0n) is 14.7. The van der Waals surface area contributed by atoms with E-state index in [0.29, 0.717) is 0 Å². The first-order valence-electron chi connectivity index (χ1n) is 8.99. The Balaban J connectivity index is 1.58. The van der Waals surface area contributed by atoms with E-state index in [2.05, 4.69) is 69.6 Å². The molecule has 0 N–H and O–H groups in total. The first kappa shape index (κ1) is 17.7. The van der Waals surface area contributed by atoms with E-state index < -0.39 is 0 Å². The molecule has 0 unspecified atom stereocenters. The van der Waals surface area contributed by atoms with Gasteiger partial charge in [-0.2, -0.15) is 0 Å². The molecule has 0 aliphatic carbocycles. The highest BCUT2D eigenvalue weighted by Gasteiger charge is 2.05. The minimum Gasteiger partial charge on any atom is -0.373 e. The van der Waals surface area contributed by atoms with Crippen molar-refractivity contribution in [2.24, 2.45) is 0 Å². The van der Waals surface area contributed by atoms with E-state index in [9.17, 15) is 0 Å². The zero-order valence-corrected chi connectivity index (χ0v) is 14.7. The number of rotatable bonds is 12. The lowest BCUT2D eigenvalue weighted by Gasteiger charge is -2.00. The van der Waals surface area contributed by atoms with Gasteiger partial charge in [-0.15, -0.1) is 0 Å². The second-order valence-electron chi connectivity index (χ2n) is 6.10. The fraction of sp³-hybridized carbons (Fsp3) is 0.667. The molecule has 0 aliphatic rings. The van der Waals surface area contributed by atoms with Gasteiger partial charge in [0.1, 0.15) is 37.9 Å². The molecule has 0 aliphatic heterocycles. The van der Waals surface area contributed by atoms with Crippen LogP contribution in [0.2, 0.25) is 0 Å². The molecular weight excluding hydrogens is 288 g/mol. The highest BCUT2D eigenvalue weighted by Crippen LogP contribution is 1.92. The molecule has 2 rings (SSSR count). The van der Waals surface area contributed by atoms with Crippen molar-refractivity contribution in [1.82, 2.24) is 9.13 Å². The van der Waals surface area contributed by atoms with Crippen molar-refractivity contribution in [3.63, 3.8) is 0 Å². The number of hydrogen-bond acceptors (Lipinski definition) is 1. The lowest BCUT2D eigenvalue weighted by molar-refractivity contribution is -0.697. The maximum Gasteiger partial charge on any atom is 0.243 e. The van der Waals surface area contributed by atoms with E-state index in [0.717, 1.165) is 39.4 Å². The Hall–Kier alpha value is -1.62. The fourth-order valence-electron chi connectivity index (χ4n) is 2.53. The van der Waals surface area contributed by atoms with Gasteiger partial charge >= 0.3 is 0 Å². The predicted octanol–water partition coefficient (Wildman–Crippen LogP) is 2.18. The number of unbranched alkanes of at least 4 members (excludes halogenated alkanes) is 2. The van der Waals surface area contributed by atoms with E-state index >= 15 is 0 Å². The fourth-order valence-corrected chi connectivity index (χ4v) is 2.53. The molecule has 2 aromatic rings. The Labute approximate surface area is 140 Å². The Morgan fingerprint density at radius 3 is 1.70 bits per heavy atom. The average Bonchev–Trinajstić information content (AvgIpc) is 3.20. The molecule has 2 heterocycles. The molecule has 0 spiro atoms. The van der Waals surface area contributed by atoms with Gasteiger partial charge in [-0.05, 0) is 12.8 Å². The summed E-state index contributed by atoms with van der Waals surface area (Å²) in [5, 5.41) is 0. The predicted molar refractivity (Wildman–Crippen MR) is 89.9 cm³/mol. The number of aryl methyl sites for hydroxylation is 2. The van der Waals surface area contributed by atoms with Crippen molar-refractivity contribution in [3.05, 3.63) is 37.4 Å². The molecule has 0 bridgehead atoms. The quantitative estimate of drug-likeness (QED) is 0.435. The molecule has 0 aromatic carbocycles. The monoisotopic (exact) mass is 320 g/mol. The molecule has 23 heavy (non-hydrogen) atoms. The third-order valence-corrected chi connectivity index (χ3v) is 4.02. The van der Waals surface area contributed by atoms with Gasteiger partial charge in [-0.25, -0.2) is 18.3 Å². The van der Waals surface area contributed by atoms with Gasteiger partial charge in [0.05, 0.1) is 26.3 Å². The van der Waals surface area contributed by atoms with Crippen LogP contribution in [0.5, 0.6) is 0 Å². The lowest BCUT2D eigenvalue weighted by atomic mass is 10.3. The lowest BCUT2D eigenvalue weighted by Crippen LogP contribution is -2.31. The summed E-state index contributed by atoms with van der Waals surface area (Å²) >= 11 is 0. The molecule has 0 amide bonds. The van der Waals surface area contributed by atoms with Crippen LogP contribution in [0.25, 0.3) is 0 Å². The number of imidazole rings is 2. The molecular formula is C18H32N4O+2. The van der Waals surface area contributed by atoms with Crippen molar-refractivity contribution in [2.75, 3.05) is 13.2 Å². The van der Waals surface area contributed by atoms with Crippen molar-refractivity contribution in [1.29, 1.82) is 0 Å². The topological polar surface area (TPSA) is 26.8 Å². The Morgan fingerprint density at radius 1 is 0.783 bits per heavy atom. The van der Waals surface area contributed by atoms with E-state index in [4.69, 9.17) is 4.74 Å². The minimum atomic E-state index is 0.763. The van der Waals surface area contributed by atoms with Crippen LogP contribution in [-0.2, 0) is 30.9 Å². The van der Waals surface area contributed by atoms with Gasteiger partial charge in [-0.3, -0.25) is 0 Å². The summed E-state index contributed by atoms with van der Waals surface area (Å²) in [6, 6.07) is 0. The molecule has 128 valence electrons. The van der Waals surface area contributed by atoms with Crippen LogP contribution < -0.4 is 9.13 Å². The van der Waals surface area contributed by atoms with Crippen molar-refractivity contribution in [2.45, 2.75) is 65.7 Å². The molecule has 0 saturated carbocycles. The average molecular weight is 320 g/mol. The molecule has 0 atom stereocenters. The Kier molecular flexibility index (Phi) is 7.87. The molecule has 2 aromatic heterocycles. The Morgan fingerprint density at radius 2 is 1.26 bits per heavy atom. The van der Waals surface area contributed by atoms with Crippen LogP contribution in [0.4, 0.5) is 0 Å². The number of nitrogens with zero attached hydrogens (tertiary/aromatic N) is 4. The summed E-state index contributed by atoms with van der Waals surface area (Å²) < 4.78 is 14.7. The van der Waals surface area contributed by atoms with Crippen LogP contribution in [-0.4, -0.2) is 22.3 Å². The molecule has 0 saturated heterocycles. The van der Waals surface area contributed by atoms with Gasteiger partial charge in [0.15, 0.2) is 0 Å². The van der Waals surface area contributed by atoms with Crippen LogP contribution in [0.3, 0.4) is 0 Å². The maximum absolute atomic E-state index is 5.76. The van der Waals surface area contributed by atoms with Gasteiger partial charge in [-0.1, -0.05) is 26.7 Å². The first-order chi connectivity index (χ1) is 11.3. The third kappa shape index (κ3) is 6.57. The summed E-state index contributed by atoms with van der Waals surface area (Å²) in [6.45, 7) is 10.0. The molecule has 0 radical (unpaired) electrons. The normalized spacial score (nSPS) is 11.2. The summed E-state index contributed by atoms with van der Waals surface area (Å²) in [7, 11) is 0. The van der Waals surface area contributed by atoms with Crippen molar-refractivity contribution in [3.8, 4) is 0 Å². The standard InChI is InChI=1S/C18H32N4O/c1-3-5-7-19-9-11-21(17-19)13-15-23-16-14-22-12-10-20(18-22)8-6-4-2/h9-12,17-18H,3-8,13-16H2,1-2H3/q+2. The Bertz CT molecular complexity index is 498. The van der Waals surface area contributed by atoms with Gasteiger partial charge in [0.2, 0.25) is 12.7 Å². The van der Waals surface area contributed by atoms with E-state index in [1.54, 1.807) is 0 Å². The second kappa shape index (κ2) is 10.2. The van der Waals surface area contributed by atoms with E-state index in [1.165, 1.54) is 25.7 Å². The van der Waals surface area contributed by atoms with Crippen LogP contribution in [0.1, 0.15) is 39.5 Å². The minimum absolute atomic E-state index is 0.763. The highest BCUT2D eigenvalue weighted by molar-refractivity contribution is 4.67. The van der Waals surface area contributed by atoms with Gasteiger partial charge in [0.25, 0.3) is 0 Å². The molecule has 0 fully saturated rings. The first-order valence-corrected chi connectivity index (χ1v) is 8.99. The number of ether oxygens (including phenoxy) is 1. The van der Waals surface area contributed by atoms with E-state index in [1.807, 2.05) is 0 Å². The summed E-state index contributed by atoms with van der Waals surface area (Å²) in [6.07, 6.45) is 17.8. The van der Waals surface area contributed by atoms with Crippen LogP contribution in [0.15, 0.2) is 37.4 Å². The molecule has 5 heteroatoms. The second-order valence-corrected chi connectivity index (χ2v) is 6.10. The summed E-state index contributed by atoms with van der Waals surface area (Å²) in [5.41, 5.74) is 0. The smallest absolute Gasteiger partial charge is 0.243 e. The number of aromatic nitrogens is 4. The zero-order chi connectivity index (χ0) is 16.3. The third-order valence-electron chi connectivity index (χ3n) is 4.02. The van der Waals surface area contributed by atoms with Crippen LogP contribution >= 0.6 is 0 Å². The molecule has 5 nitrogen and oxygen atoms in total. The van der Waals surface area contributed by atoms with Gasteiger partial charge < -0.3 is 4.74 Å². The summed E-state index contributed by atoms with van der Waals surface area (Å²) in [5.74, 6) is 0. The van der Waals surface area contributed by atoms with Crippen molar-refractivity contribution >= 4 is 0 Å². The van der Waals surface area contributed by atoms with Crippen molar-refractivity contribution < 1.29 is 13.9 Å². The van der Waals surface area contributed by atoms with Gasteiger partial charge in [0, 0.05) is 0 Å². The highest BCUT2D eigenvalue weighted by atomic mass is 16.5. The number of hydrogen-bond donors (Lipinski definition) is 0. The largest absolute Gasteiger partial charge is 0.373 e. The van der Waals surface area contributed by atoms with E-state index in [-0.39, 0.29) is 0 Å².